The standard InChI is InChI=1S/C14H18N2O2/c1-9(2)15-7-10-8-16(3)13-11(10)5-4-6-12(13)14(17)18/h4-6,8-9,15H,7H2,1-3H3,(H,17,18). The second-order valence-corrected chi connectivity index (χ2v) is 4.81. The number of fused-ring (bicyclic) bond motifs is 1. The van der Waals surface area contributed by atoms with E-state index < -0.39 is 5.97 Å². The predicted octanol–water partition coefficient (Wildman–Crippen LogP) is 2.37. The van der Waals surface area contributed by atoms with Crippen LogP contribution in [0, 0.1) is 0 Å². The van der Waals surface area contributed by atoms with E-state index in [1.807, 2.05) is 23.9 Å². The first-order chi connectivity index (χ1) is 8.50. The molecular formula is C14H18N2O2. The van der Waals surface area contributed by atoms with Crippen molar-refractivity contribution in [3.8, 4) is 0 Å². The number of aromatic carboxylic acids is 1. The number of carboxylic acid groups (broad SMARTS) is 1. The van der Waals surface area contributed by atoms with Gasteiger partial charge in [0.15, 0.2) is 0 Å². The predicted molar refractivity (Wildman–Crippen MR) is 71.9 cm³/mol. The van der Waals surface area contributed by atoms with Gasteiger partial charge in [-0.25, -0.2) is 4.79 Å². The average molecular weight is 246 g/mol. The van der Waals surface area contributed by atoms with Gasteiger partial charge in [0.2, 0.25) is 0 Å². The molecule has 2 N–H and O–H groups in total. The van der Waals surface area contributed by atoms with Crippen LogP contribution in [0.3, 0.4) is 0 Å². The van der Waals surface area contributed by atoms with Crippen LogP contribution in [0.25, 0.3) is 10.9 Å². The van der Waals surface area contributed by atoms with Crippen LogP contribution < -0.4 is 5.32 Å². The molecular weight excluding hydrogens is 228 g/mol. The summed E-state index contributed by atoms with van der Waals surface area (Å²) in [6.07, 6.45) is 1.99. The molecule has 0 saturated heterocycles. The van der Waals surface area contributed by atoms with E-state index in [9.17, 15) is 9.90 Å². The summed E-state index contributed by atoms with van der Waals surface area (Å²) in [5.41, 5.74) is 2.26. The highest BCUT2D eigenvalue weighted by molar-refractivity contribution is 6.03. The topological polar surface area (TPSA) is 54.3 Å². The molecule has 1 aromatic heterocycles. The van der Waals surface area contributed by atoms with Gasteiger partial charge in [0.1, 0.15) is 0 Å². The molecule has 0 aliphatic heterocycles. The van der Waals surface area contributed by atoms with Gasteiger partial charge in [0.25, 0.3) is 0 Å². The number of benzene rings is 1. The van der Waals surface area contributed by atoms with Crippen LogP contribution in [0.4, 0.5) is 0 Å². The zero-order valence-corrected chi connectivity index (χ0v) is 10.9. The molecule has 0 radical (unpaired) electrons. The first-order valence-corrected chi connectivity index (χ1v) is 6.04. The molecule has 4 heteroatoms. The summed E-state index contributed by atoms with van der Waals surface area (Å²) in [5.74, 6) is -0.884. The minimum Gasteiger partial charge on any atom is -0.478 e. The quantitative estimate of drug-likeness (QED) is 0.870. The molecule has 4 nitrogen and oxygen atoms in total. The van der Waals surface area contributed by atoms with Crippen molar-refractivity contribution in [1.82, 2.24) is 9.88 Å². The highest BCUT2D eigenvalue weighted by Gasteiger charge is 2.14. The number of carbonyl (C=O) groups is 1. The van der Waals surface area contributed by atoms with Crippen LogP contribution in [0.1, 0.15) is 29.8 Å². The Bertz CT molecular complexity index is 585. The van der Waals surface area contributed by atoms with Crippen LogP contribution >= 0.6 is 0 Å². The number of rotatable bonds is 4. The van der Waals surface area contributed by atoms with Crippen molar-refractivity contribution in [3.05, 3.63) is 35.5 Å². The van der Waals surface area contributed by atoms with E-state index in [4.69, 9.17) is 0 Å². The summed E-state index contributed by atoms with van der Waals surface area (Å²) in [4.78, 5) is 11.2. The highest BCUT2D eigenvalue weighted by Crippen LogP contribution is 2.24. The molecule has 0 bridgehead atoms. The number of aromatic nitrogens is 1. The van der Waals surface area contributed by atoms with Gasteiger partial charge in [0.05, 0.1) is 11.1 Å². The average Bonchev–Trinajstić information content (AvgIpc) is 2.64. The Morgan fingerprint density at radius 1 is 1.44 bits per heavy atom. The van der Waals surface area contributed by atoms with E-state index in [1.165, 1.54) is 0 Å². The van der Waals surface area contributed by atoms with Crippen molar-refractivity contribution in [2.24, 2.45) is 7.05 Å². The molecule has 0 spiro atoms. The van der Waals surface area contributed by atoms with Crippen molar-refractivity contribution >= 4 is 16.9 Å². The summed E-state index contributed by atoms with van der Waals surface area (Å²) >= 11 is 0. The van der Waals surface area contributed by atoms with Gasteiger partial charge in [-0.1, -0.05) is 26.0 Å². The fraction of sp³-hybridized carbons (Fsp3) is 0.357. The fourth-order valence-corrected chi connectivity index (χ4v) is 2.18. The van der Waals surface area contributed by atoms with E-state index in [0.29, 0.717) is 11.6 Å². The van der Waals surface area contributed by atoms with Crippen LogP contribution in [-0.2, 0) is 13.6 Å². The van der Waals surface area contributed by atoms with Crippen LogP contribution in [0.2, 0.25) is 0 Å². The minimum absolute atomic E-state index is 0.353. The maximum atomic E-state index is 11.2. The molecule has 0 aliphatic rings. The van der Waals surface area contributed by atoms with Crippen molar-refractivity contribution in [1.29, 1.82) is 0 Å². The SMILES string of the molecule is CC(C)NCc1cn(C)c2c(C(=O)O)cccc12. The Kier molecular flexibility index (Phi) is 3.39. The minimum atomic E-state index is -0.884. The number of nitrogens with zero attached hydrogens (tertiary/aromatic N) is 1. The zero-order valence-electron chi connectivity index (χ0n) is 10.9. The van der Waals surface area contributed by atoms with Gasteiger partial charge < -0.3 is 15.0 Å². The van der Waals surface area contributed by atoms with E-state index in [2.05, 4.69) is 19.2 Å². The molecule has 2 rings (SSSR count). The van der Waals surface area contributed by atoms with E-state index in [1.54, 1.807) is 12.1 Å². The van der Waals surface area contributed by atoms with Crippen LogP contribution in [0.5, 0.6) is 0 Å². The maximum Gasteiger partial charge on any atom is 0.337 e. The molecule has 0 aliphatic carbocycles. The fourth-order valence-electron chi connectivity index (χ4n) is 2.18. The maximum absolute atomic E-state index is 11.2. The van der Waals surface area contributed by atoms with Gasteiger partial charge in [-0.3, -0.25) is 0 Å². The third-order valence-electron chi connectivity index (χ3n) is 3.02. The first kappa shape index (κ1) is 12.6. The third-order valence-corrected chi connectivity index (χ3v) is 3.02. The summed E-state index contributed by atoms with van der Waals surface area (Å²) in [7, 11) is 1.88. The Morgan fingerprint density at radius 2 is 2.17 bits per heavy atom. The summed E-state index contributed by atoms with van der Waals surface area (Å²) in [5, 5.41) is 13.6. The summed E-state index contributed by atoms with van der Waals surface area (Å²) in [6, 6.07) is 5.82. The number of hydrogen-bond donors (Lipinski definition) is 2. The molecule has 1 aromatic carbocycles. The number of aryl methyl sites for hydroxylation is 1. The molecule has 96 valence electrons. The van der Waals surface area contributed by atoms with Crippen molar-refractivity contribution in [2.75, 3.05) is 0 Å². The normalized spacial score (nSPS) is 11.3. The lowest BCUT2D eigenvalue weighted by atomic mass is 10.1. The van der Waals surface area contributed by atoms with E-state index in [-0.39, 0.29) is 0 Å². The molecule has 0 unspecified atom stereocenters. The molecule has 0 amide bonds. The molecule has 0 saturated carbocycles. The molecule has 0 atom stereocenters. The van der Waals surface area contributed by atoms with Gasteiger partial charge >= 0.3 is 5.97 Å². The second-order valence-electron chi connectivity index (χ2n) is 4.81. The number of carboxylic acids is 1. The smallest absolute Gasteiger partial charge is 0.337 e. The van der Waals surface area contributed by atoms with Crippen molar-refractivity contribution in [3.63, 3.8) is 0 Å². The third kappa shape index (κ3) is 2.24. The lowest BCUT2D eigenvalue weighted by molar-refractivity contribution is 0.0698. The Labute approximate surface area is 106 Å². The zero-order chi connectivity index (χ0) is 13.3. The van der Waals surface area contributed by atoms with Gasteiger partial charge in [-0.05, 0) is 11.6 Å². The molecule has 0 fully saturated rings. The molecule has 2 aromatic rings. The number of hydrogen-bond acceptors (Lipinski definition) is 2. The van der Waals surface area contributed by atoms with Crippen molar-refractivity contribution in [2.45, 2.75) is 26.4 Å². The number of nitrogens with one attached hydrogen (secondary N) is 1. The molecule has 1 heterocycles. The largest absolute Gasteiger partial charge is 0.478 e. The number of para-hydroxylation sites is 1. The summed E-state index contributed by atoms with van der Waals surface area (Å²) in [6.45, 7) is 4.93. The second kappa shape index (κ2) is 4.82. The lowest BCUT2D eigenvalue weighted by Gasteiger charge is -2.06. The lowest BCUT2D eigenvalue weighted by Crippen LogP contribution is -2.21. The Balaban J connectivity index is 2.52. The van der Waals surface area contributed by atoms with Gasteiger partial charge in [-0.15, -0.1) is 0 Å². The van der Waals surface area contributed by atoms with E-state index in [0.717, 1.165) is 23.0 Å². The highest BCUT2D eigenvalue weighted by atomic mass is 16.4. The first-order valence-electron chi connectivity index (χ1n) is 6.04. The summed E-state index contributed by atoms with van der Waals surface area (Å²) < 4.78 is 1.89. The van der Waals surface area contributed by atoms with Gasteiger partial charge in [0, 0.05) is 31.2 Å². The molecule has 18 heavy (non-hydrogen) atoms. The Hall–Kier alpha value is -1.81. The van der Waals surface area contributed by atoms with Crippen LogP contribution in [-0.4, -0.2) is 21.7 Å². The van der Waals surface area contributed by atoms with E-state index >= 15 is 0 Å². The Morgan fingerprint density at radius 3 is 2.78 bits per heavy atom. The monoisotopic (exact) mass is 246 g/mol. The van der Waals surface area contributed by atoms with Crippen LogP contribution in [0.15, 0.2) is 24.4 Å². The van der Waals surface area contributed by atoms with Crippen molar-refractivity contribution < 1.29 is 9.90 Å². The van der Waals surface area contributed by atoms with Gasteiger partial charge in [-0.2, -0.15) is 0 Å².